The van der Waals surface area contributed by atoms with E-state index in [2.05, 4.69) is 27.4 Å². The number of aryl methyl sites for hydroxylation is 1. The fourth-order valence-electron chi connectivity index (χ4n) is 4.93. The first kappa shape index (κ1) is 25.8. The quantitative estimate of drug-likeness (QED) is 0.459. The molecule has 2 amide bonds. The fourth-order valence-corrected chi connectivity index (χ4v) is 4.93. The minimum Gasteiger partial charge on any atom is -0.351 e. The van der Waals surface area contributed by atoms with E-state index >= 15 is 0 Å². The van der Waals surface area contributed by atoms with Crippen LogP contribution >= 0.6 is 0 Å². The number of rotatable bonds is 6. The highest BCUT2D eigenvalue weighted by Gasteiger charge is 2.28. The molecular weight excluding hydrogens is 467 g/mol. The van der Waals surface area contributed by atoms with Crippen LogP contribution in [0.2, 0.25) is 0 Å². The second-order valence-corrected chi connectivity index (χ2v) is 9.28. The molecule has 2 heterocycles. The van der Waals surface area contributed by atoms with Gasteiger partial charge in [-0.05, 0) is 68.8 Å². The average Bonchev–Trinajstić information content (AvgIpc) is 3.58. The summed E-state index contributed by atoms with van der Waals surface area (Å²) in [6.45, 7) is 2.36. The number of nitrogens with one attached hydrogen (secondary N) is 1. The lowest BCUT2D eigenvalue weighted by Gasteiger charge is -2.16. The number of anilines is 1. The molecule has 5 rings (SSSR count). The number of hydrogen-bond donors (Lipinski definition) is 2. The predicted octanol–water partition coefficient (Wildman–Crippen LogP) is 5.67. The second kappa shape index (κ2) is 11.6. The Morgan fingerprint density at radius 3 is 2.42 bits per heavy atom. The molecule has 3 aromatic rings. The Hall–Kier alpha value is -3.33. The molecule has 9 heteroatoms. The molecular formula is C27H32F3N5O. The van der Waals surface area contributed by atoms with Gasteiger partial charge in [0, 0.05) is 18.5 Å². The number of hydrogen-bond acceptors (Lipinski definition) is 3. The van der Waals surface area contributed by atoms with Crippen molar-refractivity contribution in [1.29, 1.82) is 0 Å². The van der Waals surface area contributed by atoms with Crippen molar-refractivity contribution >= 4 is 11.8 Å². The summed E-state index contributed by atoms with van der Waals surface area (Å²) in [6, 6.07) is 19.4. The van der Waals surface area contributed by atoms with E-state index in [1.54, 1.807) is 4.68 Å². The highest BCUT2D eigenvalue weighted by Crippen LogP contribution is 2.31. The topological polar surface area (TPSA) is 76.2 Å². The molecule has 0 bridgehead atoms. The van der Waals surface area contributed by atoms with Crippen LogP contribution in [0.15, 0.2) is 60.7 Å². The van der Waals surface area contributed by atoms with Crippen molar-refractivity contribution in [1.82, 2.24) is 14.7 Å². The van der Waals surface area contributed by atoms with Crippen LogP contribution in [0, 0.1) is 0 Å². The van der Waals surface area contributed by atoms with Gasteiger partial charge in [0.05, 0.1) is 11.4 Å². The lowest BCUT2D eigenvalue weighted by atomic mass is 9.99. The maximum Gasteiger partial charge on any atom is 0.389 e. The molecule has 1 fully saturated rings. The standard InChI is InChI=1S/C14H18F3N.C13H14N4O/c15-14(16,17)8-4-9-18-10-7-13(11-18)12-5-2-1-3-6-12;14-13(18)15-12-10-7-4-8-11(10)16-17(12)9-5-2-1-3-6-9/h1-3,5-6,13H,4,7-11H2;1-3,5-6H,4,7-8H2,(H3,14,15,18)/t13-;/m0./s1. The van der Waals surface area contributed by atoms with E-state index in [-0.39, 0.29) is 6.42 Å². The van der Waals surface area contributed by atoms with Gasteiger partial charge in [0.1, 0.15) is 5.82 Å². The van der Waals surface area contributed by atoms with Gasteiger partial charge < -0.3 is 10.6 Å². The molecule has 0 unspecified atom stereocenters. The number of nitrogens with zero attached hydrogens (tertiary/aromatic N) is 3. The first-order chi connectivity index (χ1) is 17.3. The van der Waals surface area contributed by atoms with Crippen LogP contribution in [-0.2, 0) is 12.8 Å². The highest BCUT2D eigenvalue weighted by molar-refractivity contribution is 5.88. The number of urea groups is 1. The second-order valence-electron chi connectivity index (χ2n) is 9.28. The number of primary amides is 1. The van der Waals surface area contributed by atoms with E-state index in [0.717, 1.165) is 55.7 Å². The Balaban J connectivity index is 0.000000169. The molecule has 2 aliphatic rings. The van der Waals surface area contributed by atoms with Crippen molar-refractivity contribution in [2.24, 2.45) is 5.73 Å². The lowest BCUT2D eigenvalue weighted by Crippen LogP contribution is -2.23. The summed E-state index contributed by atoms with van der Waals surface area (Å²) in [5.41, 5.74) is 9.63. The van der Waals surface area contributed by atoms with Gasteiger partial charge in [-0.25, -0.2) is 9.48 Å². The predicted molar refractivity (Wildman–Crippen MR) is 134 cm³/mol. The van der Waals surface area contributed by atoms with Crippen molar-refractivity contribution in [3.8, 4) is 5.69 Å². The van der Waals surface area contributed by atoms with E-state index in [4.69, 9.17) is 5.73 Å². The molecule has 192 valence electrons. The minimum atomic E-state index is -4.02. The van der Waals surface area contributed by atoms with Crippen LogP contribution in [0.1, 0.15) is 48.4 Å². The number of alkyl halides is 3. The first-order valence-electron chi connectivity index (χ1n) is 12.4. The zero-order valence-corrected chi connectivity index (χ0v) is 20.2. The molecule has 0 spiro atoms. The lowest BCUT2D eigenvalue weighted by molar-refractivity contribution is -0.136. The van der Waals surface area contributed by atoms with Crippen LogP contribution in [0.5, 0.6) is 0 Å². The zero-order chi connectivity index (χ0) is 25.5. The molecule has 36 heavy (non-hydrogen) atoms. The number of fused-ring (bicyclic) bond motifs is 1. The van der Waals surface area contributed by atoms with Gasteiger partial charge in [0.15, 0.2) is 0 Å². The molecule has 1 aliphatic carbocycles. The molecule has 0 saturated carbocycles. The third-order valence-corrected chi connectivity index (χ3v) is 6.63. The van der Waals surface area contributed by atoms with Crippen LogP contribution in [0.4, 0.5) is 23.8 Å². The molecule has 3 N–H and O–H groups in total. The number of benzene rings is 2. The van der Waals surface area contributed by atoms with Gasteiger partial charge in [-0.3, -0.25) is 5.32 Å². The van der Waals surface area contributed by atoms with Crippen molar-refractivity contribution in [3.05, 3.63) is 77.5 Å². The minimum absolute atomic E-state index is 0.213. The highest BCUT2D eigenvalue weighted by atomic mass is 19.4. The molecule has 6 nitrogen and oxygen atoms in total. The monoisotopic (exact) mass is 499 g/mol. The molecule has 1 atom stereocenters. The maximum absolute atomic E-state index is 12.1. The van der Waals surface area contributed by atoms with Crippen LogP contribution in [0.25, 0.3) is 5.69 Å². The molecule has 0 radical (unpaired) electrons. The van der Waals surface area contributed by atoms with Gasteiger partial charge in [-0.2, -0.15) is 18.3 Å². The number of halogens is 3. The van der Waals surface area contributed by atoms with E-state index in [1.807, 2.05) is 48.5 Å². The Bertz CT molecular complexity index is 1130. The maximum atomic E-state index is 12.1. The van der Waals surface area contributed by atoms with Crippen LogP contribution < -0.4 is 11.1 Å². The summed E-state index contributed by atoms with van der Waals surface area (Å²) < 4.78 is 37.9. The van der Waals surface area contributed by atoms with Crippen molar-refractivity contribution in [2.75, 3.05) is 25.0 Å². The van der Waals surface area contributed by atoms with Gasteiger partial charge in [0.2, 0.25) is 0 Å². The van der Waals surface area contributed by atoms with E-state index < -0.39 is 18.6 Å². The summed E-state index contributed by atoms with van der Waals surface area (Å²) in [6.07, 6.45) is -0.430. The average molecular weight is 500 g/mol. The number of para-hydroxylation sites is 1. The third kappa shape index (κ3) is 6.87. The van der Waals surface area contributed by atoms with E-state index in [9.17, 15) is 18.0 Å². The summed E-state index contributed by atoms with van der Waals surface area (Å²) in [4.78, 5) is 13.3. The summed E-state index contributed by atoms with van der Waals surface area (Å²) in [5.74, 6) is 1.19. The van der Waals surface area contributed by atoms with Gasteiger partial charge in [-0.1, -0.05) is 48.5 Å². The molecule has 1 aliphatic heterocycles. The van der Waals surface area contributed by atoms with Crippen molar-refractivity contribution < 1.29 is 18.0 Å². The number of nitrogens with two attached hydrogens (primary N) is 1. The molecule has 2 aromatic carbocycles. The number of aromatic nitrogens is 2. The van der Waals surface area contributed by atoms with E-state index in [0.29, 0.717) is 18.3 Å². The number of carbonyl (C=O) groups is 1. The summed E-state index contributed by atoms with van der Waals surface area (Å²) in [5, 5.41) is 7.25. The number of amides is 2. The fraction of sp³-hybridized carbons (Fsp3) is 0.407. The summed E-state index contributed by atoms with van der Waals surface area (Å²) in [7, 11) is 0. The zero-order valence-electron chi connectivity index (χ0n) is 20.2. The van der Waals surface area contributed by atoms with Crippen LogP contribution in [-0.4, -0.2) is 46.5 Å². The Kier molecular flexibility index (Phi) is 8.30. The third-order valence-electron chi connectivity index (χ3n) is 6.63. The number of likely N-dealkylation sites (tertiary alicyclic amines) is 1. The Labute approximate surface area is 209 Å². The Morgan fingerprint density at radius 2 is 1.75 bits per heavy atom. The van der Waals surface area contributed by atoms with Gasteiger partial charge >= 0.3 is 12.2 Å². The molecule has 1 saturated heterocycles. The summed E-state index contributed by atoms with van der Waals surface area (Å²) >= 11 is 0. The smallest absolute Gasteiger partial charge is 0.351 e. The van der Waals surface area contributed by atoms with Gasteiger partial charge in [0.25, 0.3) is 0 Å². The van der Waals surface area contributed by atoms with Crippen molar-refractivity contribution in [2.45, 2.75) is 50.6 Å². The number of carbonyl (C=O) groups excluding carboxylic acids is 1. The first-order valence-corrected chi connectivity index (χ1v) is 12.4. The SMILES string of the molecule is FC(F)(F)CCCN1CC[C@H](c2ccccc2)C1.NC(=O)Nc1c2c(nn1-c1ccccc1)CCC2. The van der Waals surface area contributed by atoms with Crippen LogP contribution in [0.3, 0.4) is 0 Å². The Morgan fingerprint density at radius 1 is 1.06 bits per heavy atom. The van der Waals surface area contributed by atoms with E-state index in [1.165, 1.54) is 5.56 Å². The molecule has 1 aromatic heterocycles. The normalized spacial score (nSPS) is 17.4. The largest absolute Gasteiger partial charge is 0.389 e. The van der Waals surface area contributed by atoms with Crippen molar-refractivity contribution in [3.63, 3.8) is 0 Å². The van der Waals surface area contributed by atoms with Gasteiger partial charge in [-0.15, -0.1) is 0 Å².